The van der Waals surface area contributed by atoms with Crippen LogP contribution in [0.5, 0.6) is 5.75 Å². The van der Waals surface area contributed by atoms with E-state index in [4.69, 9.17) is 4.74 Å². The van der Waals surface area contributed by atoms with E-state index in [0.29, 0.717) is 37.8 Å². The largest absolute Gasteiger partial charge is 0.492 e. The Balaban J connectivity index is 0.00000420. The second-order valence-corrected chi connectivity index (χ2v) is 6.01. The molecule has 8 heteroatoms. The van der Waals surface area contributed by atoms with Gasteiger partial charge >= 0.3 is 0 Å². The Morgan fingerprint density at radius 3 is 2.55 bits per heavy atom. The van der Waals surface area contributed by atoms with Crippen LogP contribution in [0.3, 0.4) is 0 Å². The van der Waals surface area contributed by atoms with E-state index in [0.717, 1.165) is 12.3 Å². The van der Waals surface area contributed by atoms with Crippen LogP contribution in [0.15, 0.2) is 59.6 Å². The summed E-state index contributed by atoms with van der Waals surface area (Å²) in [7, 11) is 0. The third-order valence-electron chi connectivity index (χ3n) is 3.71. The van der Waals surface area contributed by atoms with Gasteiger partial charge in [0.1, 0.15) is 18.2 Å². The zero-order chi connectivity index (χ0) is 20.0. The minimum atomic E-state index is -0.340. The molecule has 3 N–H and O–H groups in total. The predicted molar refractivity (Wildman–Crippen MR) is 124 cm³/mol. The number of hydrogen-bond donors (Lipinski definition) is 3. The first kappa shape index (κ1) is 24.7. The molecule has 0 unspecified atom stereocenters. The normalized spacial score (nSPS) is 10.6. The number of hydrogen-bond acceptors (Lipinski definition) is 3. The highest BCUT2D eigenvalue weighted by atomic mass is 127. The maximum absolute atomic E-state index is 13.1. The average Bonchev–Trinajstić information content (AvgIpc) is 2.69. The van der Waals surface area contributed by atoms with Gasteiger partial charge in [0, 0.05) is 13.1 Å². The first-order chi connectivity index (χ1) is 13.7. The van der Waals surface area contributed by atoms with Gasteiger partial charge in [-0.25, -0.2) is 4.39 Å². The van der Waals surface area contributed by atoms with Gasteiger partial charge in [0.15, 0.2) is 5.96 Å². The fraction of sp³-hybridized carbons (Fsp3) is 0.333. The fourth-order valence-electron chi connectivity index (χ4n) is 2.45. The van der Waals surface area contributed by atoms with Crippen LogP contribution in [0.2, 0.25) is 0 Å². The number of carbonyl (C=O) groups excluding carboxylic acids is 1. The van der Waals surface area contributed by atoms with Crippen molar-refractivity contribution in [3.8, 4) is 5.75 Å². The second kappa shape index (κ2) is 14.6. The molecule has 2 rings (SSSR count). The highest BCUT2D eigenvalue weighted by molar-refractivity contribution is 14.0. The molecule has 0 aliphatic heterocycles. The summed E-state index contributed by atoms with van der Waals surface area (Å²) in [5.74, 6) is 0.994. The van der Waals surface area contributed by atoms with Crippen molar-refractivity contribution in [2.45, 2.75) is 13.3 Å². The van der Waals surface area contributed by atoms with Gasteiger partial charge in [0.05, 0.1) is 19.5 Å². The topological polar surface area (TPSA) is 74.8 Å². The highest BCUT2D eigenvalue weighted by Crippen LogP contribution is 2.07. The SMILES string of the molecule is CCNC(=NCCNC(=O)Cc1cccc(F)c1)NCCOc1ccccc1.I. The van der Waals surface area contributed by atoms with Crippen LogP contribution in [0.25, 0.3) is 0 Å². The van der Waals surface area contributed by atoms with Gasteiger partial charge in [-0.3, -0.25) is 9.79 Å². The standard InChI is InChI=1S/C21H27FN4O2.HI/c1-2-23-21(26-13-14-28-19-9-4-3-5-10-19)25-12-11-24-20(27)16-17-7-6-8-18(22)15-17;/h3-10,15H,2,11-14,16H2,1H3,(H,24,27)(H2,23,25,26);1H. The average molecular weight is 514 g/mol. The number of amides is 1. The molecule has 6 nitrogen and oxygen atoms in total. The smallest absolute Gasteiger partial charge is 0.224 e. The van der Waals surface area contributed by atoms with E-state index < -0.39 is 0 Å². The first-order valence-electron chi connectivity index (χ1n) is 9.38. The lowest BCUT2D eigenvalue weighted by molar-refractivity contribution is -0.120. The number of para-hydroxylation sites is 1. The predicted octanol–water partition coefficient (Wildman–Crippen LogP) is 2.74. The van der Waals surface area contributed by atoms with E-state index in [1.807, 2.05) is 37.3 Å². The van der Waals surface area contributed by atoms with E-state index in [1.54, 1.807) is 12.1 Å². The van der Waals surface area contributed by atoms with Crippen LogP contribution < -0.4 is 20.7 Å². The molecule has 2 aromatic carbocycles. The van der Waals surface area contributed by atoms with E-state index in [1.165, 1.54) is 12.1 Å². The van der Waals surface area contributed by atoms with E-state index in [2.05, 4.69) is 20.9 Å². The van der Waals surface area contributed by atoms with E-state index in [9.17, 15) is 9.18 Å². The highest BCUT2D eigenvalue weighted by Gasteiger charge is 2.04. The third-order valence-corrected chi connectivity index (χ3v) is 3.71. The Morgan fingerprint density at radius 1 is 1.03 bits per heavy atom. The molecule has 1 amide bonds. The molecule has 0 radical (unpaired) electrons. The van der Waals surface area contributed by atoms with Crippen LogP contribution in [-0.2, 0) is 11.2 Å². The lowest BCUT2D eigenvalue weighted by Gasteiger charge is -2.12. The van der Waals surface area contributed by atoms with Gasteiger partial charge in [0.2, 0.25) is 5.91 Å². The Hall–Kier alpha value is -2.36. The summed E-state index contributed by atoms with van der Waals surface area (Å²) in [5.41, 5.74) is 0.648. The zero-order valence-corrected chi connectivity index (χ0v) is 18.8. The number of benzene rings is 2. The molecule has 0 saturated carbocycles. The van der Waals surface area contributed by atoms with Gasteiger partial charge in [-0.2, -0.15) is 0 Å². The molecule has 0 atom stereocenters. The van der Waals surface area contributed by atoms with Crippen molar-refractivity contribution in [3.63, 3.8) is 0 Å². The third kappa shape index (κ3) is 10.7. The van der Waals surface area contributed by atoms with Gasteiger partial charge in [-0.05, 0) is 36.8 Å². The summed E-state index contributed by atoms with van der Waals surface area (Å²) in [4.78, 5) is 16.3. The van der Waals surface area contributed by atoms with Gasteiger partial charge < -0.3 is 20.7 Å². The molecule has 29 heavy (non-hydrogen) atoms. The van der Waals surface area contributed by atoms with Gasteiger partial charge in [0.25, 0.3) is 0 Å². The molecule has 0 bridgehead atoms. The van der Waals surface area contributed by atoms with Crippen LogP contribution in [-0.4, -0.2) is 44.7 Å². The number of halogens is 2. The minimum absolute atomic E-state index is 0. The maximum Gasteiger partial charge on any atom is 0.224 e. The Bertz CT molecular complexity index is 759. The summed E-state index contributed by atoms with van der Waals surface area (Å²) >= 11 is 0. The fourth-order valence-corrected chi connectivity index (χ4v) is 2.45. The summed E-state index contributed by atoms with van der Waals surface area (Å²) in [6.45, 7) is 4.68. The summed E-state index contributed by atoms with van der Waals surface area (Å²) in [6.07, 6.45) is 0.149. The van der Waals surface area contributed by atoms with Crippen molar-refractivity contribution < 1.29 is 13.9 Å². The first-order valence-corrected chi connectivity index (χ1v) is 9.38. The van der Waals surface area contributed by atoms with Crippen molar-refractivity contribution >= 4 is 35.8 Å². The molecular weight excluding hydrogens is 486 g/mol. The number of nitrogens with zero attached hydrogens (tertiary/aromatic N) is 1. The molecule has 0 aliphatic carbocycles. The van der Waals surface area contributed by atoms with Crippen LogP contribution in [0.1, 0.15) is 12.5 Å². The number of ether oxygens (including phenoxy) is 1. The summed E-state index contributed by atoms with van der Waals surface area (Å²) < 4.78 is 18.8. The number of rotatable bonds is 10. The number of nitrogens with one attached hydrogen (secondary N) is 3. The molecule has 0 aromatic heterocycles. The maximum atomic E-state index is 13.1. The molecule has 0 aliphatic rings. The Labute approximate surface area is 188 Å². The van der Waals surface area contributed by atoms with Crippen LogP contribution >= 0.6 is 24.0 Å². The Morgan fingerprint density at radius 2 is 1.83 bits per heavy atom. The summed E-state index contributed by atoms with van der Waals surface area (Å²) in [6, 6.07) is 15.7. The second-order valence-electron chi connectivity index (χ2n) is 6.01. The summed E-state index contributed by atoms with van der Waals surface area (Å²) in [5, 5.41) is 9.12. The molecule has 2 aromatic rings. The lowest BCUT2D eigenvalue weighted by Crippen LogP contribution is -2.40. The number of carbonyl (C=O) groups is 1. The van der Waals surface area contributed by atoms with E-state index >= 15 is 0 Å². The molecular formula is C21H28FIN4O2. The van der Waals surface area contributed by atoms with Gasteiger partial charge in [-0.1, -0.05) is 30.3 Å². The van der Waals surface area contributed by atoms with Crippen molar-refractivity contribution in [1.29, 1.82) is 0 Å². The minimum Gasteiger partial charge on any atom is -0.492 e. The Kier molecular flexibility index (Phi) is 12.4. The number of guanidine groups is 1. The molecule has 158 valence electrons. The van der Waals surface area contributed by atoms with E-state index in [-0.39, 0.29) is 42.1 Å². The molecule has 0 heterocycles. The van der Waals surface area contributed by atoms with Crippen molar-refractivity contribution in [2.75, 3.05) is 32.8 Å². The van der Waals surface area contributed by atoms with Crippen LogP contribution in [0.4, 0.5) is 4.39 Å². The monoisotopic (exact) mass is 514 g/mol. The van der Waals surface area contributed by atoms with Crippen molar-refractivity contribution in [3.05, 3.63) is 66.0 Å². The number of aliphatic imine (C=N–C) groups is 1. The zero-order valence-electron chi connectivity index (χ0n) is 16.5. The molecule has 0 spiro atoms. The van der Waals surface area contributed by atoms with Crippen molar-refractivity contribution in [1.82, 2.24) is 16.0 Å². The quantitative estimate of drug-likeness (QED) is 0.197. The molecule has 0 fully saturated rings. The molecule has 0 saturated heterocycles. The van der Waals surface area contributed by atoms with Gasteiger partial charge in [-0.15, -0.1) is 24.0 Å². The van der Waals surface area contributed by atoms with Crippen molar-refractivity contribution in [2.24, 2.45) is 4.99 Å². The lowest BCUT2D eigenvalue weighted by atomic mass is 10.1. The van der Waals surface area contributed by atoms with Crippen LogP contribution in [0, 0.1) is 5.82 Å².